The molecular weight excluding hydrogens is 329 g/mol. The van der Waals surface area contributed by atoms with Gasteiger partial charge < -0.3 is 24.6 Å². The molecule has 2 aromatic heterocycles. The van der Waals surface area contributed by atoms with Gasteiger partial charge in [0.15, 0.2) is 0 Å². The molecule has 2 rings (SSSR count). The zero-order valence-corrected chi connectivity index (χ0v) is 14.2. The lowest BCUT2D eigenvalue weighted by atomic mass is 10.1. The molecule has 2 unspecified atom stereocenters. The molecule has 7 nitrogen and oxygen atoms in total. The number of nitrogens with one attached hydrogen (secondary N) is 2. The fraction of sp³-hybridized carbons (Fsp3) is 0.353. The van der Waals surface area contributed by atoms with E-state index in [4.69, 9.17) is 9.15 Å². The number of aromatic nitrogens is 1. The Labute approximate surface area is 144 Å². The van der Waals surface area contributed by atoms with Gasteiger partial charge in [0.25, 0.3) is 0 Å². The molecule has 0 bridgehead atoms. The van der Waals surface area contributed by atoms with Crippen LogP contribution in [-0.2, 0) is 9.53 Å². The second kappa shape index (κ2) is 7.78. The van der Waals surface area contributed by atoms with Gasteiger partial charge in [-0.3, -0.25) is 0 Å². The lowest BCUT2D eigenvalue weighted by Crippen LogP contribution is -2.45. The topological polar surface area (TPSA) is 93.5 Å². The molecular formula is C17H20FN3O4. The van der Waals surface area contributed by atoms with Crippen LogP contribution in [0.5, 0.6) is 0 Å². The van der Waals surface area contributed by atoms with Gasteiger partial charge in [-0.05, 0) is 45.0 Å². The molecule has 134 valence electrons. The van der Waals surface area contributed by atoms with Gasteiger partial charge in [-0.25, -0.2) is 14.2 Å². The number of alkyl carbamates (subject to hydrolysis) is 1. The molecule has 2 atom stereocenters. The fourth-order valence-corrected chi connectivity index (χ4v) is 2.07. The first-order valence-corrected chi connectivity index (χ1v) is 7.65. The summed E-state index contributed by atoms with van der Waals surface area (Å²) >= 11 is 0. The van der Waals surface area contributed by atoms with E-state index in [1.807, 2.05) is 0 Å². The summed E-state index contributed by atoms with van der Waals surface area (Å²) in [6.07, 6.45) is 2.30. The molecule has 2 heterocycles. The van der Waals surface area contributed by atoms with E-state index in [1.54, 1.807) is 32.9 Å². The van der Waals surface area contributed by atoms with Crippen molar-refractivity contribution in [1.82, 2.24) is 10.3 Å². The monoisotopic (exact) mass is 349 g/mol. The van der Waals surface area contributed by atoms with E-state index in [0.717, 1.165) is 6.20 Å². The smallest absolute Gasteiger partial charge is 0.408 e. The van der Waals surface area contributed by atoms with Crippen LogP contribution < -0.4 is 10.6 Å². The summed E-state index contributed by atoms with van der Waals surface area (Å²) in [5, 5.41) is 5.44. The Bertz CT molecular complexity index is 696. The molecule has 0 aliphatic heterocycles. The SMILES string of the molecule is CC(C)(C)OC(=O)NC(C=O)C(Nc1ccc(F)cn1)c1ccco1. The number of hydrogen-bond donors (Lipinski definition) is 2. The van der Waals surface area contributed by atoms with Gasteiger partial charge in [0.2, 0.25) is 0 Å². The summed E-state index contributed by atoms with van der Waals surface area (Å²) in [4.78, 5) is 27.4. The minimum absolute atomic E-state index is 0.320. The molecule has 0 saturated carbocycles. The molecule has 0 radical (unpaired) electrons. The maximum Gasteiger partial charge on any atom is 0.408 e. The molecule has 0 saturated heterocycles. The largest absolute Gasteiger partial charge is 0.467 e. The lowest BCUT2D eigenvalue weighted by Gasteiger charge is -2.26. The van der Waals surface area contributed by atoms with Crippen molar-refractivity contribution in [3.63, 3.8) is 0 Å². The van der Waals surface area contributed by atoms with E-state index in [2.05, 4.69) is 15.6 Å². The van der Waals surface area contributed by atoms with Gasteiger partial charge in [-0.15, -0.1) is 0 Å². The van der Waals surface area contributed by atoms with Crippen LogP contribution in [0.4, 0.5) is 15.0 Å². The Morgan fingerprint density at radius 2 is 2.12 bits per heavy atom. The molecule has 25 heavy (non-hydrogen) atoms. The predicted molar refractivity (Wildman–Crippen MR) is 88.5 cm³/mol. The van der Waals surface area contributed by atoms with Gasteiger partial charge >= 0.3 is 6.09 Å². The van der Waals surface area contributed by atoms with Crippen molar-refractivity contribution in [1.29, 1.82) is 0 Å². The molecule has 0 aromatic carbocycles. The Morgan fingerprint density at radius 1 is 1.36 bits per heavy atom. The maximum atomic E-state index is 13.0. The van der Waals surface area contributed by atoms with Crippen LogP contribution in [0, 0.1) is 5.82 Å². The minimum atomic E-state index is -0.993. The average molecular weight is 349 g/mol. The molecule has 0 fully saturated rings. The third kappa shape index (κ3) is 5.59. The Morgan fingerprint density at radius 3 is 2.64 bits per heavy atom. The number of amides is 1. The highest BCUT2D eigenvalue weighted by atomic mass is 19.1. The molecule has 0 spiro atoms. The summed E-state index contributed by atoms with van der Waals surface area (Å²) in [6.45, 7) is 5.15. The highest BCUT2D eigenvalue weighted by Crippen LogP contribution is 2.22. The van der Waals surface area contributed by atoms with E-state index >= 15 is 0 Å². The Balaban J connectivity index is 2.19. The van der Waals surface area contributed by atoms with Gasteiger partial charge in [-0.1, -0.05) is 0 Å². The van der Waals surface area contributed by atoms with Crippen LogP contribution in [0.1, 0.15) is 32.6 Å². The number of anilines is 1. The van der Waals surface area contributed by atoms with Crippen molar-refractivity contribution in [3.8, 4) is 0 Å². The quantitative estimate of drug-likeness (QED) is 0.779. The predicted octanol–water partition coefficient (Wildman–Crippen LogP) is 3.06. The van der Waals surface area contributed by atoms with Crippen LogP contribution >= 0.6 is 0 Å². The number of furan rings is 1. The number of hydrogen-bond acceptors (Lipinski definition) is 6. The summed E-state index contributed by atoms with van der Waals surface area (Å²) in [5.41, 5.74) is -0.705. The third-order valence-corrected chi connectivity index (χ3v) is 3.07. The molecule has 2 N–H and O–H groups in total. The highest BCUT2D eigenvalue weighted by Gasteiger charge is 2.29. The summed E-state index contributed by atoms with van der Waals surface area (Å²) < 4.78 is 23.5. The number of pyridine rings is 1. The van der Waals surface area contributed by atoms with Gasteiger partial charge in [0.05, 0.1) is 12.5 Å². The lowest BCUT2D eigenvalue weighted by molar-refractivity contribution is -0.110. The number of carbonyl (C=O) groups excluding carboxylic acids is 2. The van der Waals surface area contributed by atoms with Gasteiger partial charge in [0.1, 0.15) is 41.4 Å². The molecule has 8 heteroatoms. The van der Waals surface area contributed by atoms with Crippen molar-refractivity contribution in [2.75, 3.05) is 5.32 Å². The fourth-order valence-electron chi connectivity index (χ4n) is 2.07. The zero-order chi connectivity index (χ0) is 18.4. The van der Waals surface area contributed by atoms with Crippen LogP contribution in [0.15, 0.2) is 41.1 Å². The van der Waals surface area contributed by atoms with Gasteiger partial charge in [0, 0.05) is 0 Å². The maximum absolute atomic E-state index is 13.0. The summed E-state index contributed by atoms with van der Waals surface area (Å²) in [5.74, 6) is 0.235. The first-order valence-electron chi connectivity index (χ1n) is 7.65. The van der Waals surface area contributed by atoms with Crippen molar-refractivity contribution < 1.29 is 23.1 Å². The van der Waals surface area contributed by atoms with Crippen molar-refractivity contribution in [3.05, 3.63) is 48.3 Å². The summed E-state index contributed by atoms with van der Waals surface area (Å²) in [6, 6.07) is 4.20. The minimum Gasteiger partial charge on any atom is -0.467 e. The second-order valence-electron chi connectivity index (χ2n) is 6.31. The molecule has 0 aliphatic carbocycles. The first kappa shape index (κ1) is 18.4. The number of nitrogens with zero attached hydrogens (tertiary/aromatic N) is 1. The van der Waals surface area contributed by atoms with Crippen LogP contribution in [0.3, 0.4) is 0 Å². The third-order valence-electron chi connectivity index (χ3n) is 3.07. The second-order valence-corrected chi connectivity index (χ2v) is 6.31. The number of rotatable bonds is 6. The summed E-state index contributed by atoms with van der Waals surface area (Å²) in [7, 11) is 0. The number of ether oxygens (including phenoxy) is 1. The van der Waals surface area contributed by atoms with Gasteiger partial charge in [-0.2, -0.15) is 0 Å². The van der Waals surface area contributed by atoms with Crippen LogP contribution in [-0.4, -0.2) is 29.0 Å². The number of carbonyl (C=O) groups is 2. The molecule has 2 aromatic rings. The van der Waals surface area contributed by atoms with E-state index in [0.29, 0.717) is 17.9 Å². The van der Waals surface area contributed by atoms with Crippen molar-refractivity contribution in [2.24, 2.45) is 0 Å². The van der Waals surface area contributed by atoms with E-state index in [-0.39, 0.29) is 0 Å². The Kier molecular flexibility index (Phi) is 5.74. The van der Waals surface area contributed by atoms with Crippen LogP contribution in [0.25, 0.3) is 0 Å². The Hall–Kier alpha value is -2.90. The van der Waals surface area contributed by atoms with E-state index < -0.39 is 29.6 Å². The molecule has 0 aliphatic rings. The molecule has 1 amide bonds. The normalized spacial score (nSPS) is 13.6. The average Bonchev–Trinajstić information content (AvgIpc) is 3.05. The zero-order valence-electron chi connectivity index (χ0n) is 14.2. The van der Waals surface area contributed by atoms with Crippen LogP contribution in [0.2, 0.25) is 0 Å². The van der Waals surface area contributed by atoms with E-state index in [9.17, 15) is 14.0 Å². The first-order chi connectivity index (χ1) is 11.8. The number of halogens is 1. The standard InChI is InChI=1S/C17H20FN3O4/c1-17(2,3)25-16(23)20-12(10-22)15(13-5-4-8-24-13)21-14-7-6-11(18)9-19-14/h4-10,12,15H,1-3H3,(H,19,21)(H,20,23). The number of aldehydes is 1. The highest BCUT2D eigenvalue weighted by molar-refractivity contribution is 5.74. The van der Waals surface area contributed by atoms with E-state index in [1.165, 1.54) is 18.4 Å². The van der Waals surface area contributed by atoms with Crippen molar-refractivity contribution >= 4 is 18.2 Å². The van der Waals surface area contributed by atoms with Crippen molar-refractivity contribution in [2.45, 2.75) is 38.5 Å².